The fourth-order valence-corrected chi connectivity index (χ4v) is 3.21. The third-order valence-electron chi connectivity index (χ3n) is 4.67. The van der Waals surface area contributed by atoms with Crippen molar-refractivity contribution in [2.45, 2.75) is 6.92 Å². The van der Waals surface area contributed by atoms with Gasteiger partial charge in [0.15, 0.2) is 5.76 Å². The molecule has 2 heterocycles. The van der Waals surface area contributed by atoms with E-state index < -0.39 is 0 Å². The molecule has 0 bridgehead atoms. The van der Waals surface area contributed by atoms with Crippen molar-refractivity contribution in [1.82, 2.24) is 10.1 Å². The summed E-state index contributed by atoms with van der Waals surface area (Å²) in [5.41, 5.74) is 12.4. The quantitative estimate of drug-likeness (QED) is 0.517. The number of anilines is 1. The van der Waals surface area contributed by atoms with Crippen LogP contribution in [-0.2, 0) is 0 Å². The zero-order valence-corrected chi connectivity index (χ0v) is 15.9. The summed E-state index contributed by atoms with van der Waals surface area (Å²) < 4.78 is 16.0. The molecule has 0 radical (unpaired) electrons. The molecule has 0 saturated carbocycles. The summed E-state index contributed by atoms with van der Waals surface area (Å²) in [4.78, 5) is 3.47. The predicted octanol–water partition coefficient (Wildman–Crippen LogP) is 4.91. The number of H-pyrrole nitrogens is 1. The zero-order valence-electron chi connectivity index (χ0n) is 15.9. The van der Waals surface area contributed by atoms with Gasteiger partial charge in [0, 0.05) is 11.6 Å². The first-order chi connectivity index (χ1) is 13.6. The number of nitrogens with two attached hydrogens (primary N) is 1. The number of aryl methyl sites for hydroxylation is 1. The standard InChI is InChI=1S/C22H21N3O3/c1-13-12-18(28-25-13)19-20(23)22(15-6-10-17(27-3)11-7-15)24-21(19)14-4-8-16(26-2)9-5-14/h4-12,24H,23H2,1-3H3. The van der Waals surface area contributed by atoms with Crippen LogP contribution < -0.4 is 15.2 Å². The molecule has 4 rings (SSSR count). The minimum absolute atomic E-state index is 0.604. The molecule has 0 fully saturated rings. The van der Waals surface area contributed by atoms with Crippen LogP contribution in [0.4, 0.5) is 5.69 Å². The number of benzene rings is 2. The molecule has 142 valence electrons. The molecule has 6 heteroatoms. The number of hydrogen-bond acceptors (Lipinski definition) is 5. The maximum Gasteiger partial charge on any atom is 0.171 e. The van der Waals surface area contributed by atoms with E-state index in [9.17, 15) is 0 Å². The molecule has 0 aliphatic heterocycles. The summed E-state index contributed by atoms with van der Waals surface area (Å²) in [7, 11) is 3.29. The van der Waals surface area contributed by atoms with E-state index in [4.69, 9.17) is 19.7 Å². The van der Waals surface area contributed by atoms with Crippen LogP contribution in [0.2, 0.25) is 0 Å². The van der Waals surface area contributed by atoms with Gasteiger partial charge in [0.1, 0.15) is 11.5 Å². The van der Waals surface area contributed by atoms with Gasteiger partial charge in [-0.25, -0.2) is 0 Å². The number of ether oxygens (including phenoxy) is 2. The van der Waals surface area contributed by atoms with Crippen molar-refractivity contribution in [3.05, 3.63) is 60.3 Å². The lowest BCUT2D eigenvalue weighted by molar-refractivity contribution is 0.415. The Balaban J connectivity index is 1.89. The Kier molecular flexibility index (Phi) is 4.53. The summed E-state index contributed by atoms with van der Waals surface area (Å²) in [6, 6.07) is 17.4. The van der Waals surface area contributed by atoms with Gasteiger partial charge in [-0.05, 0) is 61.0 Å². The molecule has 2 aromatic heterocycles. The van der Waals surface area contributed by atoms with Gasteiger partial charge in [0.2, 0.25) is 0 Å². The smallest absolute Gasteiger partial charge is 0.171 e. The Hall–Kier alpha value is -3.67. The number of hydrogen-bond donors (Lipinski definition) is 2. The van der Waals surface area contributed by atoms with Crippen molar-refractivity contribution in [1.29, 1.82) is 0 Å². The lowest BCUT2D eigenvalue weighted by atomic mass is 10.0. The van der Waals surface area contributed by atoms with Crippen LogP contribution in [0.15, 0.2) is 59.1 Å². The first-order valence-electron chi connectivity index (χ1n) is 8.84. The summed E-state index contributed by atoms with van der Waals surface area (Å²) in [6.07, 6.45) is 0. The van der Waals surface area contributed by atoms with Gasteiger partial charge in [0.25, 0.3) is 0 Å². The van der Waals surface area contributed by atoms with E-state index in [1.807, 2.05) is 61.5 Å². The Morgan fingerprint density at radius 1 is 0.857 bits per heavy atom. The van der Waals surface area contributed by atoms with E-state index in [1.165, 1.54) is 0 Å². The largest absolute Gasteiger partial charge is 0.497 e. The van der Waals surface area contributed by atoms with Gasteiger partial charge in [-0.3, -0.25) is 0 Å². The molecule has 28 heavy (non-hydrogen) atoms. The third kappa shape index (κ3) is 3.09. The van der Waals surface area contributed by atoms with Crippen LogP contribution in [0.5, 0.6) is 11.5 Å². The van der Waals surface area contributed by atoms with E-state index in [-0.39, 0.29) is 0 Å². The first kappa shape index (κ1) is 17.7. The topological polar surface area (TPSA) is 86.3 Å². The molecule has 2 aromatic carbocycles. The normalized spacial score (nSPS) is 10.8. The van der Waals surface area contributed by atoms with E-state index in [0.717, 1.165) is 45.3 Å². The van der Waals surface area contributed by atoms with E-state index in [1.54, 1.807) is 14.2 Å². The highest BCUT2D eigenvalue weighted by Crippen LogP contribution is 2.43. The average Bonchev–Trinajstić information content (AvgIpc) is 3.31. The van der Waals surface area contributed by atoms with Crippen LogP contribution in [0.3, 0.4) is 0 Å². The highest BCUT2D eigenvalue weighted by atomic mass is 16.5. The number of aromatic nitrogens is 2. The summed E-state index contributed by atoms with van der Waals surface area (Å²) >= 11 is 0. The van der Waals surface area contributed by atoms with Crippen molar-refractivity contribution in [2.75, 3.05) is 20.0 Å². The van der Waals surface area contributed by atoms with E-state index in [0.29, 0.717) is 11.4 Å². The lowest BCUT2D eigenvalue weighted by Crippen LogP contribution is -1.89. The summed E-state index contributed by atoms with van der Waals surface area (Å²) in [5.74, 6) is 2.20. The lowest BCUT2D eigenvalue weighted by Gasteiger charge is -2.04. The molecule has 4 aromatic rings. The monoisotopic (exact) mass is 375 g/mol. The molecule has 6 nitrogen and oxygen atoms in total. The number of methoxy groups -OCH3 is 2. The highest BCUT2D eigenvalue weighted by molar-refractivity contribution is 5.96. The van der Waals surface area contributed by atoms with Crippen LogP contribution >= 0.6 is 0 Å². The number of rotatable bonds is 5. The number of aromatic amines is 1. The van der Waals surface area contributed by atoms with E-state index in [2.05, 4.69) is 10.1 Å². The molecular weight excluding hydrogens is 354 g/mol. The SMILES string of the molecule is COc1ccc(-c2[nH]c(-c3ccc(OC)cc3)c(-c3cc(C)no3)c2N)cc1. The Morgan fingerprint density at radius 2 is 1.39 bits per heavy atom. The second kappa shape index (κ2) is 7.15. The molecule has 0 atom stereocenters. The fourth-order valence-electron chi connectivity index (χ4n) is 3.21. The highest BCUT2D eigenvalue weighted by Gasteiger charge is 2.22. The average molecular weight is 375 g/mol. The third-order valence-corrected chi connectivity index (χ3v) is 4.67. The van der Waals surface area contributed by atoms with Crippen molar-refractivity contribution >= 4 is 5.69 Å². The molecule has 3 N–H and O–H groups in total. The summed E-state index contributed by atoms with van der Waals surface area (Å²) in [5, 5.41) is 4.02. The van der Waals surface area contributed by atoms with E-state index >= 15 is 0 Å². The maximum absolute atomic E-state index is 6.57. The molecule has 0 aliphatic rings. The molecular formula is C22H21N3O3. The minimum Gasteiger partial charge on any atom is -0.497 e. The number of nitrogen functional groups attached to an aromatic ring is 1. The van der Waals surface area contributed by atoms with Gasteiger partial charge in [-0.1, -0.05) is 5.16 Å². The fraction of sp³-hybridized carbons (Fsp3) is 0.136. The first-order valence-corrected chi connectivity index (χ1v) is 8.84. The van der Waals surface area contributed by atoms with Crippen molar-refractivity contribution in [2.24, 2.45) is 0 Å². The van der Waals surface area contributed by atoms with Crippen molar-refractivity contribution in [3.63, 3.8) is 0 Å². The van der Waals surface area contributed by atoms with Crippen LogP contribution in [0.1, 0.15) is 5.69 Å². The van der Waals surface area contributed by atoms with Gasteiger partial charge >= 0.3 is 0 Å². The van der Waals surface area contributed by atoms with Crippen LogP contribution in [-0.4, -0.2) is 24.4 Å². The number of nitrogens with one attached hydrogen (secondary N) is 1. The minimum atomic E-state index is 0.604. The molecule has 0 spiro atoms. The second-order valence-corrected chi connectivity index (χ2v) is 6.45. The van der Waals surface area contributed by atoms with Gasteiger partial charge in [-0.2, -0.15) is 0 Å². The van der Waals surface area contributed by atoms with Gasteiger partial charge in [-0.15, -0.1) is 0 Å². The van der Waals surface area contributed by atoms with Crippen LogP contribution in [0, 0.1) is 6.92 Å². The molecule has 0 unspecified atom stereocenters. The van der Waals surface area contributed by atoms with Gasteiger partial charge < -0.3 is 24.7 Å². The Bertz CT molecular complexity index is 1090. The second-order valence-electron chi connectivity index (χ2n) is 6.45. The Morgan fingerprint density at radius 3 is 1.86 bits per heavy atom. The Labute approximate surface area is 162 Å². The number of nitrogens with zero attached hydrogens (tertiary/aromatic N) is 1. The van der Waals surface area contributed by atoms with Crippen molar-refractivity contribution in [3.8, 4) is 45.3 Å². The zero-order chi connectivity index (χ0) is 19.7. The predicted molar refractivity (Wildman–Crippen MR) is 109 cm³/mol. The van der Waals surface area contributed by atoms with Crippen LogP contribution in [0.25, 0.3) is 33.8 Å². The maximum atomic E-state index is 6.57. The van der Waals surface area contributed by atoms with Crippen molar-refractivity contribution < 1.29 is 14.0 Å². The van der Waals surface area contributed by atoms with Gasteiger partial charge in [0.05, 0.1) is 42.6 Å². The summed E-state index contributed by atoms with van der Waals surface area (Å²) in [6.45, 7) is 1.88. The molecule has 0 saturated heterocycles. The molecule has 0 amide bonds. The molecule has 0 aliphatic carbocycles.